The van der Waals surface area contributed by atoms with Crippen molar-refractivity contribution in [2.75, 3.05) is 19.8 Å². The van der Waals surface area contributed by atoms with Gasteiger partial charge in [0.05, 0.1) is 11.9 Å². The van der Waals surface area contributed by atoms with Gasteiger partial charge >= 0.3 is 0 Å². The summed E-state index contributed by atoms with van der Waals surface area (Å²) in [5, 5.41) is -0.534. The van der Waals surface area contributed by atoms with E-state index in [1.165, 1.54) is 0 Å². The van der Waals surface area contributed by atoms with E-state index in [0.717, 1.165) is 6.42 Å². The van der Waals surface area contributed by atoms with Crippen molar-refractivity contribution in [3.05, 3.63) is 0 Å². The Morgan fingerprint density at radius 2 is 2.38 bits per heavy atom. The van der Waals surface area contributed by atoms with Gasteiger partial charge in [-0.2, -0.15) is 0 Å². The summed E-state index contributed by atoms with van der Waals surface area (Å²) in [5.74, 6) is 0. The third-order valence-corrected chi connectivity index (χ3v) is 4.04. The van der Waals surface area contributed by atoms with Gasteiger partial charge in [0.1, 0.15) is 0 Å². The molecule has 2 atom stereocenters. The van der Waals surface area contributed by atoms with E-state index in [4.69, 9.17) is 10.5 Å². The van der Waals surface area contributed by atoms with Crippen LogP contribution in [0.25, 0.3) is 0 Å². The molecule has 5 nitrogen and oxygen atoms in total. The van der Waals surface area contributed by atoms with Crippen molar-refractivity contribution in [1.29, 1.82) is 0 Å². The van der Waals surface area contributed by atoms with Crippen LogP contribution in [0.4, 0.5) is 0 Å². The molecular weight excluding hydrogens is 192 g/mol. The average Bonchev–Trinajstić information content (AvgIpc) is 2.54. The first-order chi connectivity index (χ1) is 6.06. The van der Waals surface area contributed by atoms with Crippen LogP contribution in [0.2, 0.25) is 0 Å². The number of nitrogens with one attached hydrogen (secondary N) is 1. The summed E-state index contributed by atoms with van der Waals surface area (Å²) in [7, 11) is -3.25. The highest BCUT2D eigenvalue weighted by atomic mass is 32.2. The number of hydrogen-bond acceptors (Lipinski definition) is 4. The van der Waals surface area contributed by atoms with Crippen LogP contribution in [0.5, 0.6) is 0 Å². The van der Waals surface area contributed by atoms with Crippen molar-refractivity contribution in [2.24, 2.45) is 5.73 Å². The molecule has 0 aromatic carbocycles. The third-order valence-electron chi connectivity index (χ3n) is 2.12. The monoisotopic (exact) mass is 208 g/mol. The van der Waals surface area contributed by atoms with Crippen molar-refractivity contribution in [3.63, 3.8) is 0 Å². The molecule has 0 amide bonds. The minimum Gasteiger partial charge on any atom is -0.380 e. The van der Waals surface area contributed by atoms with Gasteiger partial charge in [0, 0.05) is 19.2 Å². The first-order valence-electron chi connectivity index (χ1n) is 4.35. The zero-order chi connectivity index (χ0) is 9.90. The van der Waals surface area contributed by atoms with E-state index in [9.17, 15) is 8.42 Å². The second kappa shape index (κ2) is 4.36. The second-order valence-electron chi connectivity index (χ2n) is 3.27. The lowest BCUT2D eigenvalue weighted by molar-refractivity contribution is 0.192. The largest absolute Gasteiger partial charge is 0.380 e. The molecule has 1 saturated heterocycles. The van der Waals surface area contributed by atoms with Crippen molar-refractivity contribution in [2.45, 2.75) is 24.6 Å². The maximum absolute atomic E-state index is 11.5. The maximum atomic E-state index is 11.5. The van der Waals surface area contributed by atoms with Gasteiger partial charge in [-0.1, -0.05) is 0 Å². The van der Waals surface area contributed by atoms with E-state index in [1.807, 2.05) is 0 Å². The molecule has 0 aliphatic carbocycles. The van der Waals surface area contributed by atoms with Gasteiger partial charge in [-0.25, -0.2) is 13.1 Å². The highest BCUT2D eigenvalue weighted by Crippen LogP contribution is 2.07. The molecule has 1 rings (SSSR count). The molecule has 0 aromatic heterocycles. The summed E-state index contributed by atoms with van der Waals surface area (Å²) in [4.78, 5) is 0. The van der Waals surface area contributed by atoms with Crippen LogP contribution in [0.3, 0.4) is 0 Å². The van der Waals surface area contributed by atoms with E-state index in [1.54, 1.807) is 6.92 Å². The summed E-state index contributed by atoms with van der Waals surface area (Å²) < 4.78 is 30.6. The average molecular weight is 208 g/mol. The fraction of sp³-hybridized carbons (Fsp3) is 1.00. The molecule has 1 fully saturated rings. The smallest absolute Gasteiger partial charge is 0.215 e. The first-order valence-corrected chi connectivity index (χ1v) is 5.90. The van der Waals surface area contributed by atoms with Crippen LogP contribution in [0.1, 0.15) is 13.3 Å². The van der Waals surface area contributed by atoms with Gasteiger partial charge in [-0.3, -0.25) is 0 Å². The molecule has 2 unspecified atom stereocenters. The zero-order valence-electron chi connectivity index (χ0n) is 7.69. The highest BCUT2D eigenvalue weighted by molar-refractivity contribution is 7.90. The van der Waals surface area contributed by atoms with Crippen molar-refractivity contribution in [1.82, 2.24) is 4.72 Å². The standard InChI is InChI=1S/C7H16N2O3S/c1-6(4-8)13(10,11)9-7-2-3-12-5-7/h6-7,9H,2-5,8H2,1H3. The van der Waals surface area contributed by atoms with E-state index in [2.05, 4.69) is 4.72 Å². The van der Waals surface area contributed by atoms with E-state index >= 15 is 0 Å². The van der Waals surface area contributed by atoms with Crippen molar-refractivity contribution >= 4 is 10.0 Å². The molecule has 1 heterocycles. The molecule has 13 heavy (non-hydrogen) atoms. The number of sulfonamides is 1. The van der Waals surface area contributed by atoms with Gasteiger partial charge in [0.15, 0.2) is 0 Å². The Morgan fingerprint density at radius 3 is 2.85 bits per heavy atom. The van der Waals surface area contributed by atoms with Crippen molar-refractivity contribution in [3.8, 4) is 0 Å². The van der Waals surface area contributed by atoms with Crippen molar-refractivity contribution < 1.29 is 13.2 Å². The topological polar surface area (TPSA) is 81.4 Å². The minimum atomic E-state index is -3.25. The molecule has 78 valence electrons. The zero-order valence-corrected chi connectivity index (χ0v) is 8.51. The molecule has 1 aliphatic heterocycles. The molecule has 3 N–H and O–H groups in total. The highest BCUT2D eigenvalue weighted by Gasteiger charge is 2.25. The lowest BCUT2D eigenvalue weighted by Crippen LogP contribution is -2.42. The molecule has 0 bridgehead atoms. The number of hydrogen-bond donors (Lipinski definition) is 2. The molecule has 0 saturated carbocycles. The molecular formula is C7H16N2O3S. The summed E-state index contributed by atoms with van der Waals surface area (Å²) in [6.07, 6.45) is 0.747. The minimum absolute atomic E-state index is 0.0704. The lowest BCUT2D eigenvalue weighted by Gasteiger charge is -2.15. The summed E-state index contributed by atoms with van der Waals surface area (Å²) >= 11 is 0. The number of nitrogens with two attached hydrogens (primary N) is 1. The first kappa shape index (κ1) is 10.9. The van der Waals surface area contributed by atoms with Gasteiger partial charge in [-0.05, 0) is 13.3 Å². The van der Waals surface area contributed by atoms with Gasteiger partial charge < -0.3 is 10.5 Å². The van der Waals surface area contributed by atoms with E-state index < -0.39 is 15.3 Å². The second-order valence-corrected chi connectivity index (χ2v) is 5.40. The molecule has 6 heteroatoms. The van der Waals surface area contributed by atoms with Gasteiger partial charge in [0.25, 0.3) is 0 Å². The Labute approximate surface area is 78.7 Å². The predicted molar refractivity (Wildman–Crippen MR) is 49.8 cm³/mol. The lowest BCUT2D eigenvalue weighted by atomic mass is 10.3. The van der Waals surface area contributed by atoms with Gasteiger partial charge in [0.2, 0.25) is 10.0 Å². The fourth-order valence-corrected chi connectivity index (χ4v) is 2.24. The van der Waals surface area contributed by atoms with Crippen LogP contribution in [0.15, 0.2) is 0 Å². The summed E-state index contributed by atoms with van der Waals surface area (Å²) in [5.41, 5.74) is 5.28. The van der Waals surface area contributed by atoms with Crippen LogP contribution in [0, 0.1) is 0 Å². The Balaban J connectivity index is 2.50. The van der Waals surface area contributed by atoms with Crippen LogP contribution >= 0.6 is 0 Å². The van der Waals surface area contributed by atoms with E-state index in [0.29, 0.717) is 13.2 Å². The SMILES string of the molecule is CC(CN)S(=O)(=O)NC1CCOC1. The molecule has 1 aliphatic rings. The summed E-state index contributed by atoms with van der Waals surface area (Å²) in [6.45, 7) is 2.84. The quantitative estimate of drug-likeness (QED) is 0.623. The van der Waals surface area contributed by atoms with Crippen LogP contribution in [-0.2, 0) is 14.8 Å². The Morgan fingerprint density at radius 1 is 1.69 bits per heavy atom. The summed E-state index contributed by atoms with van der Waals surface area (Å²) in [6, 6.07) is -0.0704. The van der Waals surface area contributed by atoms with E-state index in [-0.39, 0.29) is 12.6 Å². The maximum Gasteiger partial charge on any atom is 0.215 e. The van der Waals surface area contributed by atoms with Crippen LogP contribution in [-0.4, -0.2) is 39.5 Å². The molecule has 0 aromatic rings. The Kier molecular flexibility index (Phi) is 3.66. The Hall–Kier alpha value is -0.170. The predicted octanol–water partition coefficient (Wildman–Crippen LogP) is -0.958. The normalized spacial score (nSPS) is 26.2. The number of rotatable bonds is 4. The third kappa shape index (κ3) is 2.91. The molecule has 0 spiro atoms. The van der Waals surface area contributed by atoms with Gasteiger partial charge in [-0.15, -0.1) is 0 Å². The van der Waals surface area contributed by atoms with Crippen LogP contribution < -0.4 is 10.5 Å². The number of ether oxygens (including phenoxy) is 1. The molecule has 0 radical (unpaired) electrons. The fourth-order valence-electron chi connectivity index (χ4n) is 1.10. The Bertz CT molecular complexity index is 246.